The molecule has 1 aromatic rings. The van der Waals surface area contributed by atoms with E-state index in [0.29, 0.717) is 6.07 Å². The molecule has 1 fully saturated rings. The molecule has 2 rings (SSSR count). The number of hydrogen-bond donors (Lipinski definition) is 1. The molecule has 0 atom stereocenters. The van der Waals surface area contributed by atoms with Crippen molar-refractivity contribution < 1.29 is 28.0 Å². The number of hydrogen-bond acceptors (Lipinski definition) is 4. The van der Waals surface area contributed by atoms with Crippen molar-refractivity contribution in [3.8, 4) is 0 Å². The number of nitro benzene ring substituents is 1. The highest BCUT2D eigenvalue weighted by atomic mass is 19.4. The lowest BCUT2D eigenvalue weighted by Gasteiger charge is -2.38. The standard InChI is InChI=1S/C11H9F3N2O4/c12-11(13,14)7-1-2-8(9(3-7)16(19)20)15-4-6(5-15)10(17)18/h1-3,6H,4-5H2,(H,17,18). The van der Waals surface area contributed by atoms with Gasteiger partial charge in [-0.05, 0) is 12.1 Å². The van der Waals surface area contributed by atoms with Crippen LogP contribution in [0, 0.1) is 16.0 Å². The molecule has 0 amide bonds. The first-order valence-electron chi connectivity index (χ1n) is 5.53. The molecule has 0 aromatic heterocycles. The highest BCUT2D eigenvalue weighted by Crippen LogP contribution is 2.38. The van der Waals surface area contributed by atoms with Gasteiger partial charge in [0.2, 0.25) is 0 Å². The summed E-state index contributed by atoms with van der Waals surface area (Å²) >= 11 is 0. The summed E-state index contributed by atoms with van der Waals surface area (Å²) in [5.74, 6) is -1.69. The van der Waals surface area contributed by atoms with Crippen molar-refractivity contribution in [2.45, 2.75) is 6.18 Å². The Labute approximate surface area is 110 Å². The summed E-state index contributed by atoms with van der Waals surface area (Å²) < 4.78 is 37.5. The third kappa shape index (κ3) is 2.51. The fraction of sp³-hybridized carbons (Fsp3) is 0.364. The molecule has 20 heavy (non-hydrogen) atoms. The van der Waals surface area contributed by atoms with Gasteiger partial charge in [-0.1, -0.05) is 0 Å². The molecule has 0 saturated carbocycles. The van der Waals surface area contributed by atoms with Crippen molar-refractivity contribution in [2.75, 3.05) is 18.0 Å². The number of nitrogens with zero attached hydrogens (tertiary/aromatic N) is 2. The number of halogens is 3. The number of carboxylic acid groups (broad SMARTS) is 1. The van der Waals surface area contributed by atoms with Crippen LogP contribution in [0.5, 0.6) is 0 Å². The van der Waals surface area contributed by atoms with Crippen LogP contribution >= 0.6 is 0 Å². The summed E-state index contributed by atoms with van der Waals surface area (Å²) in [6.07, 6.45) is -4.66. The molecule has 0 spiro atoms. The van der Waals surface area contributed by atoms with Gasteiger partial charge >= 0.3 is 12.1 Å². The minimum Gasteiger partial charge on any atom is -0.481 e. The number of rotatable bonds is 3. The second kappa shape index (κ2) is 4.66. The Kier molecular flexibility index (Phi) is 3.28. The second-order valence-corrected chi connectivity index (χ2v) is 4.40. The zero-order valence-electron chi connectivity index (χ0n) is 9.92. The van der Waals surface area contributed by atoms with Crippen molar-refractivity contribution in [3.63, 3.8) is 0 Å². The molecule has 1 aliphatic rings. The second-order valence-electron chi connectivity index (χ2n) is 4.40. The summed E-state index contributed by atoms with van der Waals surface area (Å²) in [6.45, 7) is 0.0864. The first-order valence-corrected chi connectivity index (χ1v) is 5.53. The Bertz CT molecular complexity index is 567. The lowest BCUT2D eigenvalue weighted by Crippen LogP contribution is -2.50. The van der Waals surface area contributed by atoms with E-state index in [1.165, 1.54) is 4.90 Å². The van der Waals surface area contributed by atoms with Crippen molar-refractivity contribution in [3.05, 3.63) is 33.9 Å². The maximum Gasteiger partial charge on any atom is 0.416 e. The van der Waals surface area contributed by atoms with Crippen LogP contribution in [0.3, 0.4) is 0 Å². The van der Waals surface area contributed by atoms with Crippen LogP contribution < -0.4 is 4.90 Å². The van der Waals surface area contributed by atoms with Crippen LogP contribution in [-0.2, 0) is 11.0 Å². The monoisotopic (exact) mass is 290 g/mol. The molecule has 0 unspecified atom stereocenters. The van der Waals surface area contributed by atoms with Crippen molar-refractivity contribution >= 4 is 17.3 Å². The molecule has 6 nitrogen and oxygen atoms in total. The van der Waals surface area contributed by atoms with Crippen LogP contribution in [0.15, 0.2) is 18.2 Å². The fourth-order valence-corrected chi connectivity index (χ4v) is 1.94. The molecule has 1 aromatic carbocycles. The van der Waals surface area contributed by atoms with E-state index in [-0.39, 0.29) is 18.8 Å². The van der Waals surface area contributed by atoms with Crippen LogP contribution in [0.2, 0.25) is 0 Å². The average Bonchev–Trinajstić information content (AvgIpc) is 2.24. The number of carboxylic acids is 1. The molecule has 108 valence electrons. The molecule has 0 bridgehead atoms. The molecule has 0 aliphatic carbocycles. The van der Waals surface area contributed by atoms with Crippen LogP contribution in [0.4, 0.5) is 24.5 Å². The lowest BCUT2D eigenvalue weighted by atomic mass is 9.98. The maximum absolute atomic E-state index is 12.5. The summed E-state index contributed by atoms with van der Waals surface area (Å²) in [4.78, 5) is 22.0. The van der Waals surface area contributed by atoms with Crippen molar-refractivity contribution in [2.24, 2.45) is 5.92 Å². The van der Waals surface area contributed by atoms with Gasteiger partial charge in [0, 0.05) is 19.2 Å². The van der Waals surface area contributed by atoms with Crippen molar-refractivity contribution in [1.82, 2.24) is 0 Å². The molecular weight excluding hydrogens is 281 g/mol. The van der Waals surface area contributed by atoms with E-state index in [9.17, 15) is 28.1 Å². The highest BCUT2D eigenvalue weighted by molar-refractivity contribution is 5.76. The Hall–Kier alpha value is -2.32. The third-order valence-electron chi connectivity index (χ3n) is 3.07. The molecule has 1 saturated heterocycles. The van der Waals surface area contributed by atoms with Gasteiger partial charge in [0.25, 0.3) is 5.69 Å². The van der Waals surface area contributed by atoms with Crippen LogP contribution in [0.25, 0.3) is 0 Å². The smallest absolute Gasteiger partial charge is 0.416 e. The minimum absolute atomic E-state index is 0.000463. The van der Waals surface area contributed by atoms with Gasteiger partial charge in [-0.2, -0.15) is 13.2 Å². The largest absolute Gasteiger partial charge is 0.481 e. The molecule has 1 aliphatic heterocycles. The number of benzene rings is 1. The zero-order chi connectivity index (χ0) is 15.1. The van der Waals surface area contributed by atoms with E-state index in [0.717, 1.165) is 12.1 Å². The Morgan fingerprint density at radius 1 is 1.40 bits per heavy atom. The molecule has 9 heteroatoms. The van der Waals surface area contributed by atoms with Crippen LogP contribution in [-0.4, -0.2) is 29.1 Å². The van der Waals surface area contributed by atoms with E-state index in [2.05, 4.69) is 0 Å². The topological polar surface area (TPSA) is 83.7 Å². The van der Waals surface area contributed by atoms with Gasteiger partial charge in [-0.3, -0.25) is 14.9 Å². The zero-order valence-corrected chi connectivity index (χ0v) is 9.92. The SMILES string of the molecule is O=C(O)C1CN(c2ccc(C(F)(F)F)cc2[N+](=O)[O-])C1. The van der Waals surface area contributed by atoms with E-state index >= 15 is 0 Å². The first kappa shape index (κ1) is 14.1. The van der Waals surface area contributed by atoms with Gasteiger partial charge in [0.05, 0.1) is 16.4 Å². The van der Waals surface area contributed by atoms with E-state index in [4.69, 9.17) is 5.11 Å². The highest BCUT2D eigenvalue weighted by Gasteiger charge is 2.38. The van der Waals surface area contributed by atoms with E-state index in [1.807, 2.05) is 0 Å². The molecule has 1 N–H and O–H groups in total. The normalized spacial score (nSPS) is 15.8. The first-order chi connectivity index (χ1) is 9.20. The summed E-state index contributed by atoms with van der Waals surface area (Å²) in [5.41, 5.74) is -1.78. The summed E-state index contributed by atoms with van der Waals surface area (Å²) in [5, 5.41) is 19.6. The van der Waals surface area contributed by atoms with E-state index < -0.39 is 34.2 Å². The number of anilines is 1. The summed E-state index contributed by atoms with van der Waals surface area (Å²) in [6, 6.07) is 2.21. The average molecular weight is 290 g/mol. The fourth-order valence-electron chi connectivity index (χ4n) is 1.94. The Morgan fingerprint density at radius 2 is 2.00 bits per heavy atom. The van der Waals surface area contributed by atoms with Gasteiger partial charge in [-0.15, -0.1) is 0 Å². The minimum atomic E-state index is -4.66. The third-order valence-corrected chi connectivity index (χ3v) is 3.07. The van der Waals surface area contributed by atoms with Gasteiger partial charge in [-0.25, -0.2) is 0 Å². The lowest BCUT2D eigenvalue weighted by molar-refractivity contribution is -0.384. The quantitative estimate of drug-likeness (QED) is 0.681. The molecule has 0 radical (unpaired) electrons. The number of aliphatic carboxylic acids is 1. The maximum atomic E-state index is 12.5. The van der Waals surface area contributed by atoms with Gasteiger partial charge < -0.3 is 10.0 Å². The number of nitro groups is 1. The Balaban J connectivity index is 2.31. The van der Waals surface area contributed by atoms with Crippen molar-refractivity contribution in [1.29, 1.82) is 0 Å². The molecule has 1 heterocycles. The predicted octanol–water partition coefficient (Wildman–Crippen LogP) is 2.13. The van der Waals surface area contributed by atoms with E-state index in [1.54, 1.807) is 0 Å². The molecular formula is C11H9F3N2O4. The number of alkyl halides is 3. The Morgan fingerprint density at radius 3 is 2.45 bits per heavy atom. The van der Waals surface area contributed by atoms with Gasteiger partial charge in [0.1, 0.15) is 5.69 Å². The summed E-state index contributed by atoms with van der Waals surface area (Å²) in [7, 11) is 0. The predicted molar refractivity (Wildman–Crippen MR) is 61.4 cm³/mol. The van der Waals surface area contributed by atoms with Crippen LogP contribution in [0.1, 0.15) is 5.56 Å². The van der Waals surface area contributed by atoms with Gasteiger partial charge in [0.15, 0.2) is 0 Å². The number of carbonyl (C=O) groups is 1.